The van der Waals surface area contributed by atoms with Gasteiger partial charge in [-0.05, 0) is 48.7 Å². The summed E-state index contributed by atoms with van der Waals surface area (Å²) in [4.78, 5) is 12.6. The minimum absolute atomic E-state index is 0.160. The van der Waals surface area contributed by atoms with Gasteiger partial charge < -0.3 is 14.8 Å². The number of amides is 1. The van der Waals surface area contributed by atoms with E-state index in [9.17, 15) is 4.79 Å². The molecule has 0 unspecified atom stereocenters. The minimum atomic E-state index is -0.160. The predicted molar refractivity (Wildman–Crippen MR) is 115 cm³/mol. The van der Waals surface area contributed by atoms with Crippen molar-refractivity contribution in [3.63, 3.8) is 0 Å². The first-order valence-corrected chi connectivity index (χ1v) is 10.4. The van der Waals surface area contributed by atoms with Crippen molar-refractivity contribution in [2.45, 2.75) is 52.9 Å². The highest BCUT2D eigenvalue weighted by molar-refractivity contribution is 6.05. The Morgan fingerprint density at radius 2 is 1.64 bits per heavy atom. The number of ether oxygens (including phenoxy) is 2. The van der Waals surface area contributed by atoms with Crippen LogP contribution in [0, 0.1) is 5.92 Å². The smallest absolute Gasteiger partial charge is 0.255 e. The van der Waals surface area contributed by atoms with Crippen LogP contribution in [-0.4, -0.2) is 19.1 Å². The average molecular weight is 384 g/mol. The monoisotopic (exact) mass is 383 g/mol. The summed E-state index contributed by atoms with van der Waals surface area (Å²) in [5.41, 5.74) is 1.27. The summed E-state index contributed by atoms with van der Waals surface area (Å²) >= 11 is 0. The molecule has 1 amide bonds. The van der Waals surface area contributed by atoms with Crippen LogP contribution in [0.1, 0.15) is 63.2 Å². The molecule has 152 valence electrons. The van der Waals surface area contributed by atoms with Gasteiger partial charge in [-0.25, -0.2) is 0 Å². The molecule has 0 saturated carbocycles. The molecule has 0 aliphatic rings. The SMILES string of the molecule is CCCCCCCOc1ccc(C(=O)Nc2ccccc2OCC(C)C)cc1. The number of nitrogens with one attached hydrogen (secondary N) is 1. The van der Waals surface area contributed by atoms with Crippen LogP contribution in [-0.2, 0) is 0 Å². The number of hydrogen-bond acceptors (Lipinski definition) is 3. The van der Waals surface area contributed by atoms with Gasteiger partial charge in [0.2, 0.25) is 0 Å². The summed E-state index contributed by atoms with van der Waals surface area (Å²) in [6, 6.07) is 14.8. The largest absolute Gasteiger partial charge is 0.494 e. The van der Waals surface area contributed by atoms with Gasteiger partial charge in [-0.1, -0.05) is 58.6 Å². The van der Waals surface area contributed by atoms with E-state index in [2.05, 4.69) is 26.1 Å². The first-order chi connectivity index (χ1) is 13.6. The third kappa shape index (κ3) is 7.63. The molecule has 2 rings (SSSR count). The number of rotatable bonds is 12. The Labute approximate surface area is 169 Å². The number of anilines is 1. The lowest BCUT2D eigenvalue weighted by atomic mass is 10.1. The predicted octanol–water partition coefficient (Wildman–Crippen LogP) is 6.32. The molecule has 0 fully saturated rings. The van der Waals surface area contributed by atoms with Crippen LogP contribution in [0.25, 0.3) is 0 Å². The molecule has 0 radical (unpaired) electrons. The molecule has 0 heterocycles. The summed E-state index contributed by atoms with van der Waals surface area (Å²) in [5, 5.41) is 2.94. The van der Waals surface area contributed by atoms with E-state index in [0.717, 1.165) is 18.8 Å². The number of benzene rings is 2. The van der Waals surface area contributed by atoms with Crippen LogP contribution in [0.2, 0.25) is 0 Å². The van der Waals surface area contributed by atoms with E-state index in [1.54, 1.807) is 12.1 Å². The number of carbonyl (C=O) groups is 1. The quantitative estimate of drug-likeness (QED) is 0.436. The van der Waals surface area contributed by atoms with Crippen LogP contribution in [0.3, 0.4) is 0 Å². The molecule has 0 aromatic heterocycles. The van der Waals surface area contributed by atoms with Gasteiger partial charge in [0.1, 0.15) is 11.5 Å². The summed E-state index contributed by atoms with van der Waals surface area (Å²) in [6.07, 6.45) is 6.07. The van der Waals surface area contributed by atoms with Gasteiger partial charge in [0.05, 0.1) is 18.9 Å². The van der Waals surface area contributed by atoms with Crippen LogP contribution in [0.4, 0.5) is 5.69 Å². The number of para-hydroxylation sites is 2. The van der Waals surface area contributed by atoms with Gasteiger partial charge in [-0.15, -0.1) is 0 Å². The molecule has 0 aliphatic heterocycles. The molecule has 4 nitrogen and oxygen atoms in total. The third-order valence-corrected chi connectivity index (χ3v) is 4.34. The third-order valence-electron chi connectivity index (χ3n) is 4.34. The van der Waals surface area contributed by atoms with E-state index >= 15 is 0 Å². The molecule has 2 aromatic carbocycles. The Bertz CT molecular complexity index is 710. The lowest BCUT2D eigenvalue weighted by molar-refractivity contribution is 0.102. The first-order valence-electron chi connectivity index (χ1n) is 10.4. The summed E-state index contributed by atoms with van der Waals surface area (Å²) < 4.78 is 11.6. The van der Waals surface area contributed by atoms with E-state index < -0.39 is 0 Å². The highest BCUT2D eigenvalue weighted by Gasteiger charge is 2.10. The zero-order valence-corrected chi connectivity index (χ0v) is 17.4. The Morgan fingerprint density at radius 1 is 0.929 bits per heavy atom. The van der Waals surface area contributed by atoms with Gasteiger partial charge in [0.15, 0.2) is 0 Å². The maximum Gasteiger partial charge on any atom is 0.255 e. The van der Waals surface area contributed by atoms with Crippen molar-refractivity contribution in [2.24, 2.45) is 5.92 Å². The zero-order valence-electron chi connectivity index (χ0n) is 17.4. The maximum absolute atomic E-state index is 12.6. The summed E-state index contributed by atoms with van der Waals surface area (Å²) in [5.74, 6) is 1.75. The topological polar surface area (TPSA) is 47.6 Å². The van der Waals surface area contributed by atoms with Crippen molar-refractivity contribution in [2.75, 3.05) is 18.5 Å². The van der Waals surface area contributed by atoms with Gasteiger partial charge in [-0.3, -0.25) is 4.79 Å². The fraction of sp³-hybridized carbons (Fsp3) is 0.458. The van der Waals surface area contributed by atoms with Crippen molar-refractivity contribution in [1.82, 2.24) is 0 Å². The molecule has 0 saturated heterocycles. The molecule has 0 spiro atoms. The number of unbranched alkanes of at least 4 members (excludes halogenated alkanes) is 4. The molecule has 1 N–H and O–H groups in total. The highest BCUT2D eigenvalue weighted by Crippen LogP contribution is 2.25. The Kier molecular flexibility index (Phi) is 9.40. The van der Waals surface area contributed by atoms with Crippen molar-refractivity contribution in [3.8, 4) is 11.5 Å². The van der Waals surface area contributed by atoms with Crippen LogP contribution in [0.15, 0.2) is 48.5 Å². The van der Waals surface area contributed by atoms with Crippen LogP contribution >= 0.6 is 0 Å². The molecule has 0 aliphatic carbocycles. The Hall–Kier alpha value is -2.49. The molecular weight excluding hydrogens is 350 g/mol. The zero-order chi connectivity index (χ0) is 20.2. The summed E-state index contributed by atoms with van der Waals surface area (Å²) in [7, 11) is 0. The van der Waals surface area contributed by atoms with Crippen molar-refractivity contribution >= 4 is 11.6 Å². The van der Waals surface area contributed by atoms with Crippen molar-refractivity contribution in [3.05, 3.63) is 54.1 Å². The Balaban J connectivity index is 1.86. The van der Waals surface area contributed by atoms with Crippen LogP contribution < -0.4 is 14.8 Å². The van der Waals surface area contributed by atoms with Crippen LogP contribution in [0.5, 0.6) is 11.5 Å². The van der Waals surface area contributed by atoms with E-state index in [-0.39, 0.29) is 5.91 Å². The fourth-order valence-electron chi connectivity index (χ4n) is 2.74. The van der Waals surface area contributed by atoms with Crippen molar-refractivity contribution < 1.29 is 14.3 Å². The van der Waals surface area contributed by atoms with E-state index in [0.29, 0.717) is 29.5 Å². The van der Waals surface area contributed by atoms with Gasteiger partial charge in [0.25, 0.3) is 5.91 Å². The Morgan fingerprint density at radius 3 is 2.36 bits per heavy atom. The normalized spacial score (nSPS) is 10.7. The molecule has 2 aromatic rings. The molecule has 28 heavy (non-hydrogen) atoms. The van der Waals surface area contributed by atoms with Gasteiger partial charge in [0, 0.05) is 5.56 Å². The van der Waals surface area contributed by atoms with E-state index in [1.165, 1.54) is 25.7 Å². The van der Waals surface area contributed by atoms with E-state index in [4.69, 9.17) is 9.47 Å². The van der Waals surface area contributed by atoms with Crippen molar-refractivity contribution in [1.29, 1.82) is 0 Å². The first kappa shape index (κ1) is 21.8. The molecule has 0 bridgehead atoms. The second-order valence-corrected chi connectivity index (χ2v) is 7.44. The number of hydrogen-bond donors (Lipinski definition) is 1. The lowest BCUT2D eigenvalue weighted by Gasteiger charge is -2.14. The van der Waals surface area contributed by atoms with Gasteiger partial charge in [-0.2, -0.15) is 0 Å². The average Bonchev–Trinajstić information content (AvgIpc) is 2.70. The molecule has 0 atom stereocenters. The van der Waals surface area contributed by atoms with Gasteiger partial charge >= 0.3 is 0 Å². The van der Waals surface area contributed by atoms with E-state index in [1.807, 2.05) is 36.4 Å². The maximum atomic E-state index is 12.6. The second-order valence-electron chi connectivity index (χ2n) is 7.44. The molecular formula is C24H33NO3. The summed E-state index contributed by atoms with van der Waals surface area (Å²) in [6.45, 7) is 7.73. The lowest BCUT2D eigenvalue weighted by Crippen LogP contribution is -2.14. The second kappa shape index (κ2) is 12.1. The fourth-order valence-corrected chi connectivity index (χ4v) is 2.74. The molecule has 4 heteroatoms. The highest BCUT2D eigenvalue weighted by atomic mass is 16.5. The number of carbonyl (C=O) groups excluding carboxylic acids is 1. The minimum Gasteiger partial charge on any atom is -0.494 e. The standard InChI is InChI=1S/C24H33NO3/c1-4-5-6-7-10-17-27-21-15-13-20(14-16-21)24(26)25-22-11-8-9-12-23(22)28-18-19(2)3/h8-9,11-16,19H,4-7,10,17-18H2,1-3H3,(H,25,26).